The summed E-state index contributed by atoms with van der Waals surface area (Å²) in [5, 5.41) is 14.1. The molecular formula is C26H36N2O3. The monoisotopic (exact) mass is 424 g/mol. The molecule has 2 aromatic rings. The first kappa shape index (κ1) is 23.3. The van der Waals surface area contributed by atoms with Crippen molar-refractivity contribution in [2.75, 3.05) is 13.1 Å². The standard InChI is InChI=1S/C26H36N2O3/c1-19-14-21-12-8-9-13-22(21)17-28(16-19)18-24(29)23(15-20-10-6-5-7-11-20)27-25(30)31-26(2,3)4/h5-13,19,23-24,29H,14-18H2,1-4H3,(H,27,30)/t19-,23+,24-/m1/s1. The van der Waals surface area contributed by atoms with Gasteiger partial charge in [-0.05, 0) is 56.2 Å². The maximum absolute atomic E-state index is 12.5. The van der Waals surface area contributed by atoms with E-state index in [0.29, 0.717) is 18.9 Å². The molecular weight excluding hydrogens is 388 g/mol. The van der Waals surface area contributed by atoms with Crippen molar-refractivity contribution in [3.8, 4) is 0 Å². The van der Waals surface area contributed by atoms with Crippen molar-refractivity contribution in [2.24, 2.45) is 5.92 Å². The van der Waals surface area contributed by atoms with Crippen molar-refractivity contribution in [2.45, 2.75) is 64.8 Å². The van der Waals surface area contributed by atoms with Crippen molar-refractivity contribution < 1.29 is 14.6 Å². The minimum Gasteiger partial charge on any atom is -0.444 e. The molecule has 1 aliphatic rings. The predicted octanol–water partition coefficient (Wildman–Crippen LogP) is 4.18. The van der Waals surface area contributed by atoms with Gasteiger partial charge in [0, 0.05) is 19.6 Å². The number of nitrogens with zero attached hydrogens (tertiary/aromatic N) is 1. The Kier molecular flexibility index (Phi) is 7.74. The molecule has 5 nitrogen and oxygen atoms in total. The molecule has 0 radical (unpaired) electrons. The molecule has 1 heterocycles. The Morgan fingerprint density at radius 1 is 1.13 bits per heavy atom. The summed E-state index contributed by atoms with van der Waals surface area (Å²) in [7, 11) is 0. The molecule has 0 unspecified atom stereocenters. The van der Waals surface area contributed by atoms with Crippen molar-refractivity contribution in [3.63, 3.8) is 0 Å². The van der Waals surface area contributed by atoms with Crippen LogP contribution in [0.3, 0.4) is 0 Å². The maximum atomic E-state index is 12.5. The molecule has 1 aliphatic heterocycles. The lowest BCUT2D eigenvalue weighted by Crippen LogP contribution is -2.50. The predicted molar refractivity (Wildman–Crippen MR) is 124 cm³/mol. The van der Waals surface area contributed by atoms with E-state index in [9.17, 15) is 9.90 Å². The molecule has 1 amide bonds. The van der Waals surface area contributed by atoms with Gasteiger partial charge < -0.3 is 15.2 Å². The highest BCUT2D eigenvalue weighted by Crippen LogP contribution is 2.22. The zero-order chi connectivity index (χ0) is 22.4. The van der Waals surface area contributed by atoms with Gasteiger partial charge in [-0.15, -0.1) is 0 Å². The number of amides is 1. The van der Waals surface area contributed by atoms with Gasteiger partial charge in [0.1, 0.15) is 5.60 Å². The van der Waals surface area contributed by atoms with Crippen LogP contribution >= 0.6 is 0 Å². The SMILES string of the molecule is C[C@@H]1Cc2ccccc2CN(C[C@@H](O)[C@H](Cc2ccccc2)NC(=O)OC(C)(C)C)C1. The number of aliphatic hydroxyl groups excluding tert-OH is 1. The van der Waals surface area contributed by atoms with E-state index < -0.39 is 23.8 Å². The van der Waals surface area contributed by atoms with E-state index in [4.69, 9.17) is 4.74 Å². The number of nitrogens with one attached hydrogen (secondary N) is 1. The van der Waals surface area contributed by atoms with E-state index >= 15 is 0 Å². The minimum atomic E-state index is -0.717. The third-order valence-electron chi connectivity index (χ3n) is 5.56. The van der Waals surface area contributed by atoms with E-state index in [-0.39, 0.29) is 0 Å². The van der Waals surface area contributed by atoms with Gasteiger partial charge >= 0.3 is 6.09 Å². The number of alkyl carbamates (subject to hydrolysis) is 1. The quantitative estimate of drug-likeness (QED) is 0.730. The molecule has 0 aromatic heterocycles. The molecule has 0 saturated carbocycles. The van der Waals surface area contributed by atoms with Crippen LogP contribution in [0.1, 0.15) is 44.4 Å². The fraction of sp³-hybridized carbons (Fsp3) is 0.500. The van der Waals surface area contributed by atoms with Gasteiger partial charge in [0.25, 0.3) is 0 Å². The fourth-order valence-corrected chi connectivity index (χ4v) is 4.24. The number of hydrogen-bond donors (Lipinski definition) is 2. The van der Waals surface area contributed by atoms with Gasteiger partial charge in [-0.25, -0.2) is 4.79 Å². The summed E-state index contributed by atoms with van der Waals surface area (Å²) >= 11 is 0. The first-order chi connectivity index (χ1) is 14.7. The van der Waals surface area contributed by atoms with E-state index in [1.54, 1.807) is 0 Å². The molecule has 0 aliphatic carbocycles. The van der Waals surface area contributed by atoms with E-state index in [1.165, 1.54) is 11.1 Å². The fourth-order valence-electron chi connectivity index (χ4n) is 4.24. The number of ether oxygens (including phenoxy) is 1. The van der Waals surface area contributed by atoms with Crippen molar-refractivity contribution in [1.82, 2.24) is 10.2 Å². The highest BCUT2D eigenvalue weighted by atomic mass is 16.6. The largest absolute Gasteiger partial charge is 0.444 e. The molecule has 0 bridgehead atoms. The Labute approximate surface area is 186 Å². The molecule has 5 heteroatoms. The summed E-state index contributed by atoms with van der Waals surface area (Å²) in [5.41, 5.74) is 3.19. The summed E-state index contributed by atoms with van der Waals surface area (Å²) < 4.78 is 5.45. The summed E-state index contributed by atoms with van der Waals surface area (Å²) in [6.45, 7) is 9.98. The maximum Gasteiger partial charge on any atom is 0.407 e. The lowest BCUT2D eigenvalue weighted by Gasteiger charge is -2.31. The van der Waals surface area contributed by atoms with Crippen LogP contribution in [0.4, 0.5) is 4.79 Å². The lowest BCUT2D eigenvalue weighted by molar-refractivity contribution is 0.0350. The topological polar surface area (TPSA) is 61.8 Å². The van der Waals surface area contributed by atoms with Gasteiger partial charge in [0.2, 0.25) is 0 Å². The highest BCUT2D eigenvalue weighted by molar-refractivity contribution is 5.68. The van der Waals surface area contributed by atoms with Gasteiger partial charge in [0.05, 0.1) is 12.1 Å². The number of carbonyl (C=O) groups is 1. The van der Waals surface area contributed by atoms with Crippen molar-refractivity contribution >= 4 is 6.09 Å². The molecule has 31 heavy (non-hydrogen) atoms. The van der Waals surface area contributed by atoms with Gasteiger partial charge in [-0.1, -0.05) is 61.5 Å². The Morgan fingerprint density at radius 2 is 1.77 bits per heavy atom. The number of aliphatic hydroxyl groups is 1. The second kappa shape index (κ2) is 10.3. The second-order valence-electron chi connectivity index (χ2n) is 9.78. The van der Waals surface area contributed by atoms with Gasteiger partial charge in [-0.2, -0.15) is 0 Å². The zero-order valence-electron chi connectivity index (χ0n) is 19.2. The molecule has 0 spiro atoms. The van der Waals surface area contributed by atoms with Gasteiger partial charge in [-0.3, -0.25) is 4.90 Å². The molecule has 3 rings (SSSR count). The first-order valence-corrected chi connectivity index (χ1v) is 11.2. The van der Waals surface area contributed by atoms with Crippen molar-refractivity contribution in [3.05, 3.63) is 71.3 Å². The van der Waals surface area contributed by atoms with Crippen LogP contribution in [-0.2, 0) is 24.1 Å². The van der Waals surface area contributed by atoms with Crippen LogP contribution in [0.15, 0.2) is 54.6 Å². The Morgan fingerprint density at radius 3 is 2.45 bits per heavy atom. The average molecular weight is 425 g/mol. The average Bonchev–Trinajstić information content (AvgIpc) is 2.84. The number of hydrogen-bond acceptors (Lipinski definition) is 4. The molecule has 0 saturated heterocycles. The number of fused-ring (bicyclic) bond motifs is 1. The Bertz CT molecular complexity index is 847. The third-order valence-corrected chi connectivity index (χ3v) is 5.56. The zero-order valence-corrected chi connectivity index (χ0v) is 19.2. The molecule has 2 N–H and O–H groups in total. The number of benzene rings is 2. The van der Waals surface area contributed by atoms with Crippen LogP contribution < -0.4 is 5.32 Å². The van der Waals surface area contributed by atoms with Crippen LogP contribution in [0, 0.1) is 5.92 Å². The number of rotatable bonds is 6. The summed E-state index contributed by atoms with van der Waals surface area (Å²) in [6.07, 6.45) is 0.375. The van der Waals surface area contributed by atoms with E-state index in [0.717, 1.165) is 25.1 Å². The third kappa shape index (κ3) is 7.37. The smallest absolute Gasteiger partial charge is 0.407 e. The molecule has 2 aromatic carbocycles. The lowest BCUT2D eigenvalue weighted by atomic mass is 9.99. The van der Waals surface area contributed by atoms with Crippen LogP contribution in [0.25, 0.3) is 0 Å². The van der Waals surface area contributed by atoms with E-state index in [2.05, 4.69) is 41.4 Å². The molecule has 0 fully saturated rings. The normalized spacial score (nSPS) is 19.1. The minimum absolute atomic E-state index is 0.439. The summed E-state index contributed by atoms with van der Waals surface area (Å²) in [4.78, 5) is 14.8. The molecule has 3 atom stereocenters. The Hall–Kier alpha value is -2.37. The molecule has 168 valence electrons. The summed E-state index contributed by atoms with van der Waals surface area (Å²) in [5.74, 6) is 0.502. The number of carbonyl (C=O) groups excluding carboxylic acids is 1. The van der Waals surface area contributed by atoms with Crippen LogP contribution in [-0.4, -0.2) is 46.9 Å². The van der Waals surface area contributed by atoms with Gasteiger partial charge in [0.15, 0.2) is 0 Å². The summed E-state index contributed by atoms with van der Waals surface area (Å²) in [6, 6.07) is 18.0. The second-order valence-corrected chi connectivity index (χ2v) is 9.78. The highest BCUT2D eigenvalue weighted by Gasteiger charge is 2.28. The Balaban J connectivity index is 1.72. The van der Waals surface area contributed by atoms with Crippen LogP contribution in [0.2, 0.25) is 0 Å². The van der Waals surface area contributed by atoms with Crippen LogP contribution in [0.5, 0.6) is 0 Å². The first-order valence-electron chi connectivity index (χ1n) is 11.2. The van der Waals surface area contributed by atoms with Crippen molar-refractivity contribution in [1.29, 1.82) is 0 Å². The van der Waals surface area contributed by atoms with E-state index in [1.807, 2.05) is 51.1 Å². The number of β-amino-alcohol motifs (C(OH)–C–C–N with tert-alkyl or cyclic N) is 1.